The standard InChI is InChI=1S/C24H19ClP.C18H13BO3/c25-23-18-10-11-19-24(23)26(20-12-4-1-5-13-20,21-14-6-2-7-15-21)22-16-8-3-9-17-22;20-19(21)22-17-7-3-6-12-8-9-15-10-13-4-1-2-5-14(13)11-16(15)18(12)17/h1-19H;1-11,20-21H/q+1;. The van der Waals surface area contributed by atoms with Gasteiger partial charge in [-0.1, -0.05) is 127 Å². The van der Waals surface area contributed by atoms with Crippen LogP contribution in [0.25, 0.3) is 32.3 Å². The molecule has 0 bridgehead atoms. The lowest BCUT2D eigenvalue weighted by atomic mass is 9.97. The number of hydrogen-bond donors (Lipinski definition) is 2. The molecule has 0 spiro atoms. The van der Waals surface area contributed by atoms with Crippen molar-refractivity contribution in [3.8, 4) is 5.75 Å². The van der Waals surface area contributed by atoms with E-state index in [1.54, 1.807) is 6.07 Å². The summed E-state index contributed by atoms with van der Waals surface area (Å²) < 4.78 is 5.16. The Hall–Kier alpha value is -4.96. The van der Waals surface area contributed by atoms with Gasteiger partial charge in [-0.3, -0.25) is 0 Å². The molecule has 0 unspecified atom stereocenters. The van der Waals surface area contributed by atoms with Crippen LogP contribution in [0, 0.1) is 0 Å². The number of rotatable bonds is 6. The van der Waals surface area contributed by atoms with Gasteiger partial charge in [-0.05, 0) is 93.7 Å². The van der Waals surface area contributed by atoms with E-state index in [1.165, 1.54) is 26.6 Å². The van der Waals surface area contributed by atoms with Crippen molar-refractivity contribution in [2.75, 3.05) is 0 Å². The molecular formula is C42H32BClO3P+. The summed E-state index contributed by atoms with van der Waals surface area (Å²) in [4.78, 5) is 0. The first-order valence-electron chi connectivity index (χ1n) is 15.7. The van der Waals surface area contributed by atoms with Gasteiger partial charge in [0, 0.05) is 5.39 Å². The van der Waals surface area contributed by atoms with E-state index in [0.717, 1.165) is 32.0 Å². The number of fused-ring (bicyclic) bond motifs is 4. The predicted molar refractivity (Wildman–Crippen MR) is 206 cm³/mol. The molecule has 0 aliphatic heterocycles. The van der Waals surface area contributed by atoms with Crippen molar-refractivity contribution in [2.24, 2.45) is 0 Å². The summed E-state index contributed by atoms with van der Waals surface area (Å²) in [7, 11) is -3.91. The molecule has 8 aromatic rings. The maximum Gasteiger partial charge on any atom is 0.707 e. The first-order valence-corrected chi connectivity index (χ1v) is 17.9. The van der Waals surface area contributed by atoms with Crippen LogP contribution in [0.4, 0.5) is 0 Å². The summed E-state index contributed by atoms with van der Waals surface area (Å²) in [6.45, 7) is 0. The molecule has 6 heteroatoms. The molecule has 0 fully saturated rings. The van der Waals surface area contributed by atoms with Crippen LogP contribution in [0.5, 0.6) is 5.75 Å². The fourth-order valence-corrected chi connectivity index (χ4v) is 11.3. The average Bonchev–Trinajstić information content (AvgIpc) is 3.13. The lowest BCUT2D eigenvalue weighted by Crippen LogP contribution is -2.39. The van der Waals surface area contributed by atoms with Gasteiger partial charge >= 0.3 is 7.32 Å². The van der Waals surface area contributed by atoms with E-state index in [1.807, 2.05) is 42.5 Å². The zero-order valence-electron chi connectivity index (χ0n) is 26.0. The third-order valence-electron chi connectivity index (χ3n) is 8.56. The highest BCUT2D eigenvalue weighted by atomic mass is 35.5. The third-order valence-corrected chi connectivity index (χ3v) is 13.4. The zero-order valence-corrected chi connectivity index (χ0v) is 27.7. The van der Waals surface area contributed by atoms with Crippen LogP contribution < -0.4 is 25.9 Å². The van der Waals surface area contributed by atoms with E-state index < -0.39 is 14.6 Å². The molecule has 0 aliphatic rings. The maximum atomic E-state index is 9.14. The molecule has 232 valence electrons. The minimum absolute atomic E-state index is 0.466. The van der Waals surface area contributed by atoms with Crippen molar-refractivity contribution in [2.45, 2.75) is 0 Å². The molecule has 0 saturated carbocycles. The normalized spacial score (nSPS) is 11.2. The van der Waals surface area contributed by atoms with Crippen LogP contribution in [-0.2, 0) is 0 Å². The molecule has 0 aliphatic carbocycles. The Bertz CT molecular complexity index is 2220. The summed E-state index contributed by atoms with van der Waals surface area (Å²) in [5.74, 6) is 0.466. The first-order chi connectivity index (χ1) is 23.6. The van der Waals surface area contributed by atoms with Gasteiger partial charge in [-0.25, -0.2) is 0 Å². The Labute approximate surface area is 286 Å². The summed E-state index contributed by atoms with van der Waals surface area (Å²) in [5, 5.41) is 30.6. The lowest BCUT2D eigenvalue weighted by molar-refractivity contribution is 0.289. The fourth-order valence-electron chi connectivity index (χ4n) is 6.52. The summed E-state index contributed by atoms with van der Waals surface area (Å²) in [6.07, 6.45) is 0. The topological polar surface area (TPSA) is 49.7 Å². The van der Waals surface area contributed by atoms with Gasteiger partial charge in [0.25, 0.3) is 0 Å². The molecule has 0 saturated heterocycles. The second kappa shape index (κ2) is 14.0. The molecule has 8 rings (SSSR count). The molecule has 48 heavy (non-hydrogen) atoms. The van der Waals surface area contributed by atoms with Crippen LogP contribution in [0.3, 0.4) is 0 Å². The molecule has 0 amide bonds. The quantitative estimate of drug-likeness (QED) is 0.0814. The third kappa shape index (κ3) is 6.08. The van der Waals surface area contributed by atoms with Crippen molar-refractivity contribution in [3.05, 3.63) is 187 Å². The highest BCUT2D eigenvalue weighted by Crippen LogP contribution is 2.55. The molecular weight excluding hydrogens is 630 g/mol. The Morgan fingerprint density at radius 2 is 0.938 bits per heavy atom. The van der Waals surface area contributed by atoms with Crippen LogP contribution in [-0.4, -0.2) is 17.4 Å². The summed E-state index contributed by atoms with van der Waals surface area (Å²) >= 11 is 6.79. The van der Waals surface area contributed by atoms with Gasteiger partial charge in [0.2, 0.25) is 0 Å². The molecule has 0 heterocycles. The minimum Gasteiger partial charge on any atom is -0.511 e. The maximum absolute atomic E-state index is 9.14. The molecule has 3 nitrogen and oxygen atoms in total. The van der Waals surface area contributed by atoms with Crippen LogP contribution in [0.2, 0.25) is 5.02 Å². The Morgan fingerprint density at radius 3 is 1.50 bits per heavy atom. The van der Waals surface area contributed by atoms with E-state index in [-0.39, 0.29) is 0 Å². The van der Waals surface area contributed by atoms with Crippen LogP contribution in [0.1, 0.15) is 0 Å². The Kier molecular flexibility index (Phi) is 9.25. The SMILES string of the molecule is Clc1ccccc1[P+](c1ccccc1)(c1ccccc1)c1ccccc1.OB(O)Oc1cccc2ccc3cc4ccccc4cc3c12. The number of hydrogen-bond acceptors (Lipinski definition) is 3. The zero-order chi connectivity index (χ0) is 32.9. The first kappa shape index (κ1) is 31.6. The van der Waals surface area contributed by atoms with Crippen molar-refractivity contribution in [3.63, 3.8) is 0 Å². The van der Waals surface area contributed by atoms with Gasteiger partial charge in [-0.15, -0.1) is 0 Å². The van der Waals surface area contributed by atoms with Gasteiger partial charge in [0.1, 0.15) is 34.2 Å². The van der Waals surface area contributed by atoms with Crippen molar-refractivity contribution < 1.29 is 14.7 Å². The van der Waals surface area contributed by atoms with Crippen molar-refractivity contribution in [1.82, 2.24) is 0 Å². The van der Waals surface area contributed by atoms with Gasteiger partial charge in [0.15, 0.2) is 0 Å². The van der Waals surface area contributed by atoms with Gasteiger partial charge < -0.3 is 14.7 Å². The number of halogens is 1. The summed E-state index contributed by atoms with van der Waals surface area (Å²) in [5.41, 5.74) is 0. The van der Waals surface area contributed by atoms with E-state index in [9.17, 15) is 0 Å². The summed E-state index contributed by atoms with van der Waals surface area (Å²) in [6, 6.07) is 62.7. The van der Waals surface area contributed by atoms with E-state index in [0.29, 0.717) is 5.75 Å². The van der Waals surface area contributed by atoms with E-state index in [2.05, 4.69) is 133 Å². The number of benzene rings is 8. The fraction of sp³-hybridized carbons (Fsp3) is 0. The monoisotopic (exact) mass is 661 g/mol. The smallest absolute Gasteiger partial charge is 0.511 e. The highest BCUT2D eigenvalue weighted by Gasteiger charge is 2.48. The molecule has 2 N–H and O–H groups in total. The Morgan fingerprint density at radius 1 is 0.458 bits per heavy atom. The van der Waals surface area contributed by atoms with Gasteiger partial charge in [0.05, 0.1) is 5.02 Å². The van der Waals surface area contributed by atoms with E-state index in [4.69, 9.17) is 26.3 Å². The molecule has 8 aromatic carbocycles. The van der Waals surface area contributed by atoms with Crippen LogP contribution >= 0.6 is 18.9 Å². The van der Waals surface area contributed by atoms with Crippen molar-refractivity contribution >= 4 is 79.7 Å². The Balaban J connectivity index is 0.000000154. The second-order valence-electron chi connectivity index (χ2n) is 11.4. The average molecular weight is 662 g/mol. The van der Waals surface area contributed by atoms with Gasteiger partial charge in [-0.2, -0.15) is 0 Å². The minimum atomic E-state index is -2.08. The predicted octanol–water partition coefficient (Wildman–Crippen LogP) is 8.45. The van der Waals surface area contributed by atoms with E-state index >= 15 is 0 Å². The van der Waals surface area contributed by atoms with Crippen LogP contribution in [0.15, 0.2) is 182 Å². The lowest BCUT2D eigenvalue weighted by Gasteiger charge is -2.28. The molecule has 0 atom stereocenters. The molecule has 0 radical (unpaired) electrons. The molecule has 0 aromatic heterocycles. The second-order valence-corrected chi connectivity index (χ2v) is 15.2. The largest absolute Gasteiger partial charge is 0.707 e. The van der Waals surface area contributed by atoms with Crippen molar-refractivity contribution in [1.29, 1.82) is 0 Å². The highest BCUT2D eigenvalue weighted by molar-refractivity contribution is 8.01.